The average Bonchev–Trinajstić information content (AvgIpc) is 2.96. The minimum Gasteiger partial charge on any atom is -0.163 e. The van der Waals surface area contributed by atoms with E-state index >= 15 is 0 Å². The van der Waals surface area contributed by atoms with Crippen LogP contribution in [0.3, 0.4) is 0 Å². The molecule has 4 heteroatoms. The molecule has 0 atom stereocenters. The molecule has 0 nitrogen and oxygen atoms in total. The minimum atomic E-state index is -0.264. The Morgan fingerprint density at radius 3 is 0.889 bits per heavy atom. The molecule has 4 rings (SSSR count). The maximum absolute atomic E-state index is 5.23. The summed E-state index contributed by atoms with van der Waals surface area (Å²) in [6.07, 6.45) is 2.00. The smallest absolute Gasteiger partial charge is 0.0634 e. The van der Waals surface area contributed by atoms with Crippen molar-refractivity contribution in [1.29, 1.82) is 0 Å². The zero-order valence-corrected chi connectivity index (χ0v) is 23.9. The molecule has 0 radical (unpaired) electrons. The predicted molar refractivity (Wildman–Crippen MR) is 169 cm³/mol. The summed E-state index contributed by atoms with van der Waals surface area (Å²) in [4.78, 5) is 0. The van der Waals surface area contributed by atoms with Gasteiger partial charge in [0.15, 0.2) is 0 Å². The van der Waals surface area contributed by atoms with Crippen LogP contribution in [0.25, 0.3) is 0 Å². The van der Waals surface area contributed by atoms with Crippen LogP contribution in [0, 0.1) is 0 Å². The molecular formula is C32H34S4. The number of thioether (sulfide) groups is 2. The summed E-state index contributed by atoms with van der Waals surface area (Å²) >= 11 is 14.5. The highest BCUT2D eigenvalue weighted by Gasteiger charge is 2.30. The second kappa shape index (κ2) is 13.7. The second-order valence-corrected chi connectivity index (χ2v) is 12.9. The fourth-order valence-corrected chi connectivity index (χ4v) is 7.90. The van der Waals surface area contributed by atoms with Crippen molar-refractivity contribution < 1.29 is 0 Å². The van der Waals surface area contributed by atoms with E-state index in [0.29, 0.717) is 0 Å². The summed E-state index contributed by atoms with van der Waals surface area (Å²) in [5.41, 5.74) is 5.06. The van der Waals surface area contributed by atoms with Crippen molar-refractivity contribution in [3.8, 4) is 0 Å². The van der Waals surface area contributed by atoms with E-state index in [1.807, 2.05) is 23.5 Å². The standard InChI is InChI=1S/C32H34S4/c33-31(27-13-5-1-6-14-27,28-15-7-2-8-16-28)21-23-35-25-26-36-24-22-32(34,29-17-9-3-10-18-29)30-19-11-4-12-20-30/h1-20,33-34H,21-26H2. The van der Waals surface area contributed by atoms with Gasteiger partial charge in [0.05, 0.1) is 9.49 Å². The third-order valence-corrected chi connectivity index (χ3v) is 10.3. The molecule has 0 saturated heterocycles. The van der Waals surface area contributed by atoms with Crippen LogP contribution in [0.5, 0.6) is 0 Å². The molecule has 0 bridgehead atoms. The molecule has 4 aromatic carbocycles. The number of rotatable bonds is 13. The first kappa shape index (κ1) is 27.3. The van der Waals surface area contributed by atoms with Crippen LogP contribution in [0.4, 0.5) is 0 Å². The van der Waals surface area contributed by atoms with Gasteiger partial charge < -0.3 is 0 Å². The normalized spacial score (nSPS) is 11.9. The van der Waals surface area contributed by atoms with Crippen LogP contribution in [0.2, 0.25) is 0 Å². The van der Waals surface area contributed by atoms with E-state index in [4.69, 9.17) is 25.3 Å². The molecule has 0 aliphatic heterocycles. The third-order valence-electron chi connectivity index (χ3n) is 6.59. The van der Waals surface area contributed by atoms with E-state index in [2.05, 4.69) is 121 Å². The van der Waals surface area contributed by atoms with Gasteiger partial charge >= 0.3 is 0 Å². The molecule has 0 fully saturated rings. The zero-order chi connectivity index (χ0) is 25.1. The van der Waals surface area contributed by atoms with Crippen molar-refractivity contribution in [2.45, 2.75) is 22.3 Å². The molecule has 36 heavy (non-hydrogen) atoms. The highest BCUT2D eigenvalue weighted by atomic mass is 32.2. The molecule has 0 aromatic heterocycles. The highest BCUT2D eigenvalue weighted by molar-refractivity contribution is 8.02. The van der Waals surface area contributed by atoms with Crippen LogP contribution >= 0.6 is 48.8 Å². The van der Waals surface area contributed by atoms with Crippen molar-refractivity contribution >= 4 is 48.8 Å². The number of hydrogen-bond donors (Lipinski definition) is 2. The van der Waals surface area contributed by atoms with Gasteiger partial charge in [0.1, 0.15) is 0 Å². The van der Waals surface area contributed by atoms with Gasteiger partial charge in [-0.25, -0.2) is 0 Å². The largest absolute Gasteiger partial charge is 0.163 e. The Morgan fingerprint density at radius 2 is 0.639 bits per heavy atom. The quantitative estimate of drug-likeness (QED) is 0.127. The third kappa shape index (κ3) is 6.98. The Hall–Kier alpha value is -1.72. The lowest BCUT2D eigenvalue weighted by molar-refractivity contribution is 0.723. The molecule has 0 aliphatic rings. The molecule has 4 aromatic rings. The molecule has 0 heterocycles. The van der Waals surface area contributed by atoms with Gasteiger partial charge in [-0.05, 0) is 46.6 Å². The van der Waals surface area contributed by atoms with Crippen molar-refractivity contribution in [2.24, 2.45) is 0 Å². The molecule has 0 amide bonds. The second-order valence-electron chi connectivity index (χ2n) is 8.91. The fourth-order valence-electron chi connectivity index (χ4n) is 4.53. The maximum Gasteiger partial charge on any atom is 0.0634 e. The highest BCUT2D eigenvalue weighted by Crippen LogP contribution is 2.41. The minimum absolute atomic E-state index is 0.264. The Morgan fingerprint density at radius 1 is 0.389 bits per heavy atom. The zero-order valence-electron chi connectivity index (χ0n) is 20.5. The summed E-state index contributed by atoms with van der Waals surface area (Å²) in [5, 5.41) is 0. The van der Waals surface area contributed by atoms with Gasteiger partial charge in [0.25, 0.3) is 0 Å². The number of thiol groups is 2. The molecule has 0 saturated carbocycles. The van der Waals surface area contributed by atoms with Crippen molar-refractivity contribution in [2.75, 3.05) is 23.0 Å². The Kier molecular flexibility index (Phi) is 10.4. The van der Waals surface area contributed by atoms with E-state index in [9.17, 15) is 0 Å². The molecule has 186 valence electrons. The van der Waals surface area contributed by atoms with E-state index in [1.54, 1.807) is 0 Å². The van der Waals surface area contributed by atoms with E-state index in [0.717, 1.165) is 35.9 Å². The van der Waals surface area contributed by atoms with Crippen molar-refractivity contribution in [3.05, 3.63) is 144 Å². The lowest BCUT2D eigenvalue weighted by atomic mass is 9.88. The first-order valence-electron chi connectivity index (χ1n) is 12.5. The first-order chi connectivity index (χ1) is 17.6. The predicted octanol–water partition coefficient (Wildman–Crippen LogP) is 8.98. The number of hydrogen-bond acceptors (Lipinski definition) is 4. The van der Waals surface area contributed by atoms with Crippen LogP contribution < -0.4 is 0 Å². The Bertz CT molecular complexity index is 974. The molecular weight excluding hydrogens is 513 g/mol. The molecule has 0 aliphatic carbocycles. The number of benzene rings is 4. The summed E-state index contributed by atoms with van der Waals surface area (Å²) in [6.45, 7) is 0. The van der Waals surface area contributed by atoms with Gasteiger partial charge in [0.2, 0.25) is 0 Å². The first-order valence-corrected chi connectivity index (χ1v) is 15.7. The van der Waals surface area contributed by atoms with Gasteiger partial charge in [-0.1, -0.05) is 121 Å². The lowest BCUT2D eigenvalue weighted by Gasteiger charge is -2.30. The fraction of sp³-hybridized carbons (Fsp3) is 0.250. The monoisotopic (exact) mass is 546 g/mol. The Labute approximate surface area is 236 Å². The van der Waals surface area contributed by atoms with Gasteiger partial charge in [-0.2, -0.15) is 48.8 Å². The molecule has 0 unspecified atom stereocenters. The van der Waals surface area contributed by atoms with Gasteiger partial charge in [-0.3, -0.25) is 0 Å². The van der Waals surface area contributed by atoms with Crippen LogP contribution in [-0.2, 0) is 9.49 Å². The van der Waals surface area contributed by atoms with Crippen molar-refractivity contribution in [1.82, 2.24) is 0 Å². The maximum atomic E-state index is 5.23. The van der Waals surface area contributed by atoms with Gasteiger partial charge in [-0.15, -0.1) is 0 Å². The molecule has 0 N–H and O–H groups in total. The summed E-state index contributed by atoms with van der Waals surface area (Å²) in [5.74, 6) is 4.46. The van der Waals surface area contributed by atoms with Crippen LogP contribution in [-0.4, -0.2) is 23.0 Å². The average molecular weight is 547 g/mol. The summed E-state index contributed by atoms with van der Waals surface area (Å²) < 4.78 is -0.528. The van der Waals surface area contributed by atoms with Crippen molar-refractivity contribution in [3.63, 3.8) is 0 Å². The molecule has 0 spiro atoms. The summed E-state index contributed by atoms with van der Waals surface area (Å²) in [6, 6.07) is 42.8. The van der Waals surface area contributed by atoms with Gasteiger partial charge in [0, 0.05) is 11.5 Å². The topological polar surface area (TPSA) is 0 Å². The lowest BCUT2D eigenvalue weighted by Crippen LogP contribution is -2.22. The van der Waals surface area contributed by atoms with E-state index in [-0.39, 0.29) is 9.49 Å². The Balaban J connectivity index is 1.27. The SMILES string of the molecule is SC(CCSCCSCCC(S)(c1ccccc1)c1ccccc1)(c1ccccc1)c1ccccc1. The van der Waals surface area contributed by atoms with Crippen LogP contribution in [0.1, 0.15) is 35.1 Å². The van der Waals surface area contributed by atoms with E-state index in [1.165, 1.54) is 22.3 Å². The summed E-state index contributed by atoms with van der Waals surface area (Å²) in [7, 11) is 0. The van der Waals surface area contributed by atoms with E-state index < -0.39 is 0 Å². The van der Waals surface area contributed by atoms with Crippen LogP contribution in [0.15, 0.2) is 121 Å².